The fraction of sp³-hybridized carbons (Fsp3) is 0.235. The standard InChI is InChI=1S/C17H17N3O3S/c1-11-8-13-9-12(5-6-15(13)20(11)24(2,22)23)14-10-19-7-3-4-16(21)17(19)18-14/h3-7,9-11,21H,8H2,1-2H3. The van der Waals surface area contributed by atoms with Gasteiger partial charge in [0.05, 0.1) is 17.6 Å². The number of imidazole rings is 1. The summed E-state index contributed by atoms with van der Waals surface area (Å²) in [5.74, 6) is 0.127. The molecule has 0 bridgehead atoms. The summed E-state index contributed by atoms with van der Waals surface area (Å²) < 4.78 is 27.2. The molecule has 0 spiro atoms. The van der Waals surface area contributed by atoms with Crippen LogP contribution in [0.25, 0.3) is 16.9 Å². The van der Waals surface area contributed by atoms with Gasteiger partial charge in [0, 0.05) is 24.0 Å². The number of hydrogen-bond donors (Lipinski definition) is 1. The number of pyridine rings is 1. The lowest BCUT2D eigenvalue weighted by Crippen LogP contribution is -2.34. The highest BCUT2D eigenvalue weighted by atomic mass is 32.2. The number of benzene rings is 1. The number of fused-ring (bicyclic) bond motifs is 2. The van der Waals surface area contributed by atoms with Crippen LogP contribution in [0.5, 0.6) is 5.75 Å². The third-order valence-electron chi connectivity index (χ3n) is 4.35. The molecule has 1 unspecified atom stereocenters. The maximum atomic E-state index is 12.0. The van der Waals surface area contributed by atoms with Gasteiger partial charge in [0.2, 0.25) is 10.0 Å². The van der Waals surface area contributed by atoms with Crippen LogP contribution in [-0.4, -0.2) is 35.2 Å². The number of nitrogens with zero attached hydrogens (tertiary/aromatic N) is 3. The van der Waals surface area contributed by atoms with Crippen molar-refractivity contribution in [2.75, 3.05) is 10.6 Å². The molecule has 0 aliphatic carbocycles. The molecule has 3 aromatic rings. The summed E-state index contributed by atoms with van der Waals surface area (Å²) in [5.41, 5.74) is 3.87. The van der Waals surface area contributed by atoms with Gasteiger partial charge >= 0.3 is 0 Å². The Bertz CT molecular complexity index is 1060. The van der Waals surface area contributed by atoms with Crippen LogP contribution in [0, 0.1) is 0 Å². The van der Waals surface area contributed by atoms with E-state index in [0.29, 0.717) is 12.1 Å². The second-order valence-corrected chi connectivity index (χ2v) is 8.07. The minimum absolute atomic E-state index is 0.0876. The van der Waals surface area contributed by atoms with Crippen LogP contribution in [-0.2, 0) is 16.4 Å². The number of hydrogen-bond acceptors (Lipinski definition) is 4. The first-order chi connectivity index (χ1) is 11.3. The maximum Gasteiger partial charge on any atom is 0.232 e. The summed E-state index contributed by atoms with van der Waals surface area (Å²) in [5, 5.41) is 9.89. The van der Waals surface area contributed by atoms with Gasteiger partial charge < -0.3 is 9.51 Å². The second kappa shape index (κ2) is 4.98. The van der Waals surface area contributed by atoms with E-state index in [0.717, 1.165) is 22.5 Å². The molecule has 0 amide bonds. The molecule has 0 radical (unpaired) electrons. The minimum Gasteiger partial charge on any atom is -0.504 e. The lowest BCUT2D eigenvalue weighted by atomic mass is 10.1. The molecule has 1 N–H and O–H groups in total. The van der Waals surface area contributed by atoms with E-state index in [2.05, 4.69) is 4.98 Å². The third kappa shape index (κ3) is 2.24. The first-order valence-corrected chi connectivity index (χ1v) is 9.49. The summed E-state index contributed by atoms with van der Waals surface area (Å²) in [4.78, 5) is 4.48. The van der Waals surface area contributed by atoms with Crippen molar-refractivity contribution in [1.82, 2.24) is 9.38 Å². The average Bonchev–Trinajstić information content (AvgIpc) is 3.06. The molecule has 1 aromatic carbocycles. The van der Waals surface area contributed by atoms with E-state index in [9.17, 15) is 13.5 Å². The molecule has 2 aromatic heterocycles. The number of rotatable bonds is 2. The Kier molecular flexibility index (Phi) is 3.11. The van der Waals surface area contributed by atoms with Crippen LogP contribution in [0.1, 0.15) is 12.5 Å². The molecule has 1 aliphatic heterocycles. The normalized spacial score (nSPS) is 17.4. The predicted octanol–water partition coefficient (Wildman–Crippen LogP) is 2.42. The van der Waals surface area contributed by atoms with Gasteiger partial charge in [-0.15, -0.1) is 0 Å². The molecule has 0 saturated heterocycles. The second-order valence-electron chi connectivity index (χ2n) is 6.21. The SMILES string of the molecule is CC1Cc2cc(-c3cn4cccc(O)c4n3)ccc2N1S(C)(=O)=O. The lowest BCUT2D eigenvalue weighted by Gasteiger charge is -2.21. The molecule has 1 aliphatic rings. The van der Waals surface area contributed by atoms with E-state index < -0.39 is 10.0 Å². The molecule has 1 atom stereocenters. The van der Waals surface area contributed by atoms with E-state index in [1.54, 1.807) is 16.5 Å². The first kappa shape index (κ1) is 15.0. The van der Waals surface area contributed by atoms with E-state index in [4.69, 9.17) is 0 Å². The number of aromatic hydroxyl groups is 1. The topological polar surface area (TPSA) is 74.9 Å². The van der Waals surface area contributed by atoms with Gasteiger partial charge in [-0.25, -0.2) is 13.4 Å². The first-order valence-electron chi connectivity index (χ1n) is 7.64. The van der Waals surface area contributed by atoms with E-state index in [1.807, 2.05) is 37.5 Å². The zero-order valence-corrected chi connectivity index (χ0v) is 14.2. The van der Waals surface area contributed by atoms with Crippen molar-refractivity contribution >= 4 is 21.4 Å². The Morgan fingerprint density at radius 3 is 2.79 bits per heavy atom. The van der Waals surface area contributed by atoms with Gasteiger partial charge in [0.1, 0.15) is 0 Å². The molecule has 7 heteroatoms. The number of anilines is 1. The number of aromatic nitrogens is 2. The molecular formula is C17H17N3O3S. The van der Waals surface area contributed by atoms with Crippen LogP contribution < -0.4 is 4.31 Å². The van der Waals surface area contributed by atoms with Crippen LogP contribution in [0.3, 0.4) is 0 Å². The van der Waals surface area contributed by atoms with E-state index in [-0.39, 0.29) is 11.8 Å². The fourth-order valence-corrected chi connectivity index (χ4v) is 4.67. The molecule has 24 heavy (non-hydrogen) atoms. The Morgan fingerprint density at radius 2 is 2.08 bits per heavy atom. The summed E-state index contributed by atoms with van der Waals surface area (Å²) >= 11 is 0. The van der Waals surface area contributed by atoms with Gasteiger partial charge in [-0.05, 0) is 43.2 Å². The van der Waals surface area contributed by atoms with Crippen LogP contribution >= 0.6 is 0 Å². The van der Waals surface area contributed by atoms with Crippen molar-refractivity contribution in [2.24, 2.45) is 0 Å². The van der Waals surface area contributed by atoms with Crippen LogP contribution in [0.15, 0.2) is 42.7 Å². The summed E-state index contributed by atoms with van der Waals surface area (Å²) in [6.07, 6.45) is 5.59. The van der Waals surface area contributed by atoms with Gasteiger partial charge in [-0.3, -0.25) is 4.31 Å². The van der Waals surface area contributed by atoms with Gasteiger partial charge in [-0.2, -0.15) is 0 Å². The van der Waals surface area contributed by atoms with Crippen molar-refractivity contribution in [1.29, 1.82) is 0 Å². The molecular weight excluding hydrogens is 326 g/mol. The Morgan fingerprint density at radius 1 is 1.29 bits per heavy atom. The van der Waals surface area contributed by atoms with Crippen molar-refractivity contribution in [2.45, 2.75) is 19.4 Å². The highest BCUT2D eigenvalue weighted by molar-refractivity contribution is 7.92. The molecule has 124 valence electrons. The van der Waals surface area contributed by atoms with Crippen molar-refractivity contribution in [3.05, 3.63) is 48.3 Å². The molecule has 0 fully saturated rings. The molecule has 4 rings (SSSR count). The third-order valence-corrected chi connectivity index (χ3v) is 5.62. The fourth-order valence-electron chi connectivity index (χ4n) is 3.40. The average molecular weight is 343 g/mol. The van der Waals surface area contributed by atoms with Crippen molar-refractivity contribution < 1.29 is 13.5 Å². The smallest absolute Gasteiger partial charge is 0.232 e. The highest BCUT2D eigenvalue weighted by Crippen LogP contribution is 2.37. The Labute approximate surface area is 140 Å². The number of sulfonamides is 1. The van der Waals surface area contributed by atoms with E-state index in [1.165, 1.54) is 10.6 Å². The Hall–Kier alpha value is -2.54. The van der Waals surface area contributed by atoms with Crippen molar-refractivity contribution in [3.8, 4) is 17.0 Å². The highest BCUT2D eigenvalue weighted by Gasteiger charge is 2.32. The van der Waals surface area contributed by atoms with E-state index >= 15 is 0 Å². The zero-order valence-electron chi connectivity index (χ0n) is 13.3. The van der Waals surface area contributed by atoms with Gasteiger partial charge in [0.15, 0.2) is 11.4 Å². The predicted molar refractivity (Wildman–Crippen MR) is 92.8 cm³/mol. The molecule has 3 heterocycles. The van der Waals surface area contributed by atoms with Crippen molar-refractivity contribution in [3.63, 3.8) is 0 Å². The monoisotopic (exact) mass is 343 g/mol. The lowest BCUT2D eigenvalue weighted by molar-refractivity contribution is 0.477. The van der Waals surface area contributed by atoms with Crippen LogP contribution in [0.4, 0.5) is 5.69 Å². The molecule has 0 saturated carbocycles. The van der Waals surface area contributed by atoms with Crippen LogP contribution in [0.2, 0.25) is 0 Å². The molecule has 6 nitrogen and oxygen atoms in total. The van der Waals surface area contributed by atoms with Gasteiger partial charge in [-0.1, -0.05) is 6.07 Å². The summed E-state index contributed by atoms with van der Waals surface area (Å²) in [6.45, 7) is 1.91. The largest absolute Gasteiger partial charge is 0.504 e. The summed E-state index contributed by atoms with van der Waals surface area (Å²) in [6, 6.07) is 8.95. The minimum atomic E-state index is -3.29. The quantitative estimate of drug-likeness (QED) is 0.775. The Balaban J connectivity index is 1.82. The maximum absolute atomic E-state index is 12.0. The van der Waals surface area contributed by atoms with Gasteiger partial charge in [0.25, 0.3) is 0 Å². The summed E-state index contributed by atoms with van der Waals surface area (Å²) in [7, 11) is -3.29. The zero-order chi connectivity index (χ0) is 17.1.